The molecule has 1 nitrogen and oxygen atoms in total. The minimum absolute atomic E-state index is 0.586. The zero-order valence-electron chi connectivity index (χ0n) is 8.55. The highest BCUT2D eigenvalue weighted by atomic mass is 35.5. The maximum absolute atomic E-state index is 5.95. The van der Waals surface area contributed by atoms with Crippen molar-refractivity contribution in [3.63, 3.8) is 0 Å². The molecule has 1 aromatic rings. The van der Waals surface area contributed by atoms with E-state index in [1.54, 1.807) is 0 Å². The van der Waals surface area contributed by atoms with E-state index < -0.39 is 0 Å². The van der Waals surface area contributed by atoms with Gasteiger partial charge in [-0.3, -0.25) is 0 Å². The van der Waals surface area contributed by atoms with Crippen molar-refractivity contribution in [1.29, 1.82) is 0 Å². The predicted octanol–water partition coefficient (Wildman–Crippen LogP) is 3.20. The third-order valence-corrected chi connectivity index (χ3v) is 2.85. The first-order valence-electron chi connectivity index (χ1n) is 4.79. The van der Waals surface area contributed by atoms with Crippen molar-refractivity contribution in [1.82, 2.24) is 0 Å². The lowest BCUT2D eigenvalue weighted by atomic mass is 10.0. The third kappa shape index (κ3) is 1.53. The summed E-state index contributed by atoms with van der Waals surface area (Å²) < 4.78 is 0. The Morgan fingerprint density at radius 3 is 2.93 bits per heavy atom. The summed E-state index contributed by atoms with van der Waals surface area (Å²) in [6.45, 7) is 3.08. The standard InChI is InChI=1S/C12H14ClN/c1-9-6-10-4-3-5-14(2)12(10)11(7-9)8-13/h3-4,6-7H,5,8H2,1-2H3. The van der Waals surface area contributed by atoms with Gasteiger partial charge in [0.2, 0.25) is 0 Å². The lowest BCUT2D eigenvalue weighted by molar-refractivity contribution is 1.00. The molecule has 1 aromatic carbocycles. The van der Waals surface area contributed by atoms with Crippen LogP contribution in [0.1, 0.15) is 16.7 Å². The number of benzene rings is 1. The average Bonchev–Trinajstić information content (AvgIpc) is 2.16. The van der Waals surface area contributed by atoms with Gasteiger partial charge in [0.25, 0.3) is 0 Å². The second-order valence-corrected chi connectivity index (χ2v) is 4.05. The van der Waals surface area contributed by atoms with Crippen molar-refractivity contribution in [3.8, 4) is 0 Å². The first-order valence-corrected chi connectivity index (χ1v) is 5.33. The van der Waals surface area contributed by atoms with Gasteiger partial charge in [0.15, 0.2) is 0 Å². The molecule has 0 N–H and O–H groups in total. The van der Waals surface area contributed by atoms with Gasteiger partial charge in [0.05, 0.1) is 0 Å². The molecule has 0 amide bonds. The van der Waals surface area contributed by atoms with E-state index in [-0.39, 0.29) is 0 Å². The number of rotatable bonds is 1. The van der Waals surface area contributed by atoms with Crippen LogP contribution in [-0.2, 0) is 5.88 Å². The fourth-order valence-corrected chi connectivity index (χ4v) is 2.21. The number of alkyl halides is 1. The fourth-order valence-electron chi connectivity index (χ4n) is 2.01. The predicted molar refractivity (Wildman–Crippen MR) is 63.0 cm³/mol. The summed E-state index contributed by atoms with van der Waals surface area (Å²) in [6.07, 6.45) is 4.36. The molecule has 0 fully saturated rings. The molecule has 2 rings (SSSR count). The van der Waals surface area contributed by atoms with Crippen LogP contribution in [0.3, 0.4) is 0 Å². The number of aryl methyl sites for hydroxylation is 1. The normalized spacial score (nSPS) is 14.4. The van der Waals surface area contributed by atoms with Crippen molar-refractivity contribution in [2.45, 2.75) is 12.8 Å². The van der Waals surface area contributed by atoms with Crippen LogP contribution in [0.4, 0.5) is 5.69 Å². The maximum atomic E-state index is 5.95. The van der Waals surface area contributed by atoms with Crippen molar-refractivity contribution in [3.05, 3.63) is 34.9 Å². The van der Waals surface area contributed by atoms with E-state index in [1.807, 2.05) is 0 Å². The topological polar surface area (TPSA) is 3.24 Å². The molecule has 0 saturated carbocycles. The summed E-state index contributed by atoms with van der Waals surface area (Å²) in [6, 6.07) is 4.37. The Kier molecular flexibility index (Phi) is 2.51. The number of likely N-dealkylation sites (N-methyl/N-ethyl adjacent to an activating group) is 1. The first kappa shape index (κ1) is 9.60. The van der Waals surface area contributed by atoms with Gasteiger partial charge in [-0.25, -0.2) is 0 Å². The Labute approximate surface area is 90.0 Å². The molecule has 74 valence electrons. The molecule has 0 unspecified atom stereocenters. The summed E-state index contributed by atoms with van der Waals surface area (Å²) in [5, 5.41) is 0. The van der Waals surface area contributed by atoms with Crippen LogP contribution in [-0.4, -0.2) is 13.6 Å². The summed E-state index contributed by atoms with van der Waals surface area (Å²) in [7, 11) is 2.10. The summed E-state index contributed by atoms with van der Waals surface area (Å²) in [5.41, 5.74) is 5.08. The van der Waals surface area contributed by atoms with Gasteiger partial charge in [-0.1, -0.05) is 23.8 Å². The van der Waals surface area contributed by atoms with Crippen LogP contribution < -0.4 is 4.90 Å². The summed E-state index contributed by atoms with van der Waals surface area (Å²) in [5.74, 6) is 0.586. The Morgan fingerprint density at radius 1 is 1.43 bits per heavy atom. The Bertz CT molecular complexity index is 382. The van der Waals surface area contributed by atoms with Gasteiger partial charge in [-0.05, 0) is 24.1 Å². The Morgan fingerprint density at radius 2 is 2.21 bits per heavy atom. The Hall–Kier alpha value is -0.950. The fraction of sp³-hybridized carbons (Fsp3) is 0.333. The van der Waals surface area contributed by atoms with E-state index in [4.69, 9.17) is 11.6 Å². The highest BCUT2D eigenvalue weighted by Gasteiger charge is 2.13. The smallest absolute Gasteiger partial charge is 0.0494 e. The molecule has 0 aliphatic carbocycles. The first-order chi connectivity index (χ1) is 6.72. The molecule has 1 aliphatic rings. The minimum atomic E-state index is 0.586. The average molecular weight is 208 g/mol. The zero-order chi connectivity index (χ0) is 10.1. The van der Waals surface area contributed by atoms with Crippen molar-refractivity contribution in [2.75, 3.05) is 18.5 Å². The molecule has 1 aliphatic heterocycles. The summed E-state index contributed by atoms with van der Waals surface area (Å²) >= 11 is 5.95. The van der Waals surface area contributed by atoms with Crippen molar-refractivity contribution < 1.29 is 0 Å². The Balaban J connectivity index is 2.62. The highest BCUT2D eigenvalue weighted by molar-refractivity contribution is 6.17. The summed E-state index contributed by atoms with van der Waals surface area (Å²) in [4.78, 5) is 2.24. The van der Waals surface area contributed by atoms with Crippen LogP contribution in [0.15, 0.2) is 18.2 Å². The van der Waals surface area contributed by atoms with E-state index in [2.05, 4.69) is 43.2 Å². The number of hydrogen-bond donors (Lipinski definition) is 0. The van der Waals surface area contributed by atoms with Gasteiger partial charge in [0, 0.05) is 25.2 Å². The van der Waals surface area contributed by atoms with Crippen LogP contribution in [0.2, 0.25) is 0 Å². The van der Waals surface area contributed by atoms with Gasteiger partial charge in [-0.15, -0.1) is 11.6 Å². The number of hydrogen-bond acceptors (Lipinski definition) is 1. The van der Waals surface area contributed by atoms with E-state index in [0.29, 0.717) is 5.88 Å². The SMILES string of the molecule is Cc1cc2c(c(CCl)c1)N(C)CC=C2. The van der Waals surface area contributed by atoms with Crippen molar-refractivity contribution >= 4 is 23.4 Å². The molecule has 0 saturated heterocycles. The third-order valence-electron chi connectivity index (χ3n) is 2.57. The second kappa shape index (κ2) is 3.66. The van der Waals surface area contributed by atoms with Crippen LogP contribution >= 0.6 is 11.6 Å². The van der Waals surface area contributed by atoms with E-state index >= 15 is 0 Å². The molecule has 1 heterocycles. The molecule has 0 spiro atoms. The number of nitrogens with zero attached hydrogens (tertiary/aromatic N) is 1. The van der Waals surface area contributed by atoms with E-state index in [0.717, 1.165) is 6.54 Å². The number of fused-ring (bicyclic) bond motifs is 1. The minimum Gasteiger partial charge on any atom is -0.370 e. The van der Waals surface area contributed by atoms with E-state index in [9.17, 15) is 0 Å². The van der Waals surface area contributed by atoms with Crippen LogP contribution in [0.5, 0.6) is 0 Å². The molecule has 0 bridgehead atoms. The quantitative estimate of drug-likeness (QED) is 0.640. The molecule has 2 heteroatoms. The van der Waals surface area contributed by atoms with E-state index in [1.165, 1.54) is 22.4 Å². The zero-order valence-corrected chi connectivity index (χ0v) is 9.30. The molecule has 0 aromatic heterocycles. The maximum Gasteiger partial charge on any atom is 0.0494 e. The monoisotopic (exact) mass is 207 g/mol. The molecular weight excluding hydrogens is 194 g/mol. The number of anilines is 1. The largest absolute Gasteiger partial charge is 0.370 e. The molecule has 14 heavy (non-hydrogen) atoms. The van der Waals surface area contributed by atoms with Gasteiger partial charge in [0.1, 0.15) is 0 Å². The van der Waals surface area contributed by atoms with Crippen LogP contribution in [0.25, 0.3) is 6.08 Å². The second-order valence-electron chi connectivity index (χ2n) is 3.78. The number of halogens is 1. The van der Waals surface area contributed by atoms with Gasteiger partial charge < -0.3 is 4.90 Å². The van der Waals surface area contributed by atoms with Gasteiger partial charge in [-0.2, -0.15) is 0 Å². The highest BCUT2D eigenvalue weighted by Crippen LogP contribution is 2.31. The molecular formula is C12H14ClN. The van der Waals surface area contributed by atoms with Crippen molar-refractivity contribution in [2.24, 2.45) is 0 Å². The lowest BCUT2D eigenvalue weighted by Crippen LogP contribution is -2.21. The van der Waals surface area contributed by atoms with Crippen LogP contribution in [0, 0.1) is 6.92 Å². The molecule has 0 radical (unpaired) electrons. The lowest BCUT2D eigenvalue weighted by Gasteiger charge is -2.26. The van der Waals surface area contributed by atoms with Gasteiger partial charge >= 0.3 is 0 Å². The molecule has 0 atom stereocenters.